The van der Waals surface area contributed by atoms with E-state index in [-0.39, 0.29) is 17.7 Å². The summed E-state index contributed by atoms with van der Waals surface area (Å²) in [6, 6.07) is 0. The Bertz CT molecular complexity index is 457. The summed E-state index contributed by atoms with van der Waals surface area (Å²) in [6.07, 6.45) is 11.9. The fraction of sp³-hybridized carbons (Fsp3) is 0.467. The maximum atomic E-state index is 12.2. The fourth-order valence-corrected chi connectivity index (χ4v) is 2.13. The molecule has 0 saturated carbocycles. The van der Waals surface area contributed by atoms with Crippen molar-refractivity contribution in [3.63, 3.8) is 0 Å². The largest absolute Gasteiger partial charge is 0.372 e. The van der Waals surface area contributed by atoms with E-state index in [1.165, 1.54) is 11.1 Å². The Balaban J connectivity index is 3.03. The predicted molar refractivity (Wildman–Crippen MR) is 76.0 cm³/mol. The fourth-order valence-electron chi connectivity index (χ4n) is 2.13. The smallest absolute Gasteiger partial charge is 0.233 e. The molecule has 1 fully saturated rings. The molecule has 0 radical (unpaired) electrons. The minimum atomic E-state index is -0.897. The monoisotopic (exact) mass is 260 g/mol. The number of aliphatic hydroxyl groups excluding tert-OH is 1. The van der Waals surface area contributed by atoms with Gasteiger partial charge in [-0.05, 0) is 19.4 Å². The van der Waals surface area contributed by atoms with Crippen LogP contribution < -0.4 is 0 Å². The maximum Gasteiger partial charge on any atom is 0.233 e. The standard InChI is InChI=1S/C15H20N2O2/c1-5-8-9-12-11(4)14(18)17(15(12)19)13(7-3)16-10-6-2/h2,7-12,15,19H,5H2,1,3-4H3/b9-8-,13-7+,16-10?. The highest BCUT2D eigenvalue weighted by atomic mass is 16.3. The zero-order valence-electron chi connectivity index (χ0n) is 11.6. The lowest BCUT2D eigenvalue weighted by Gasteiger charge is -2.22. The van der Waals surface area contributed by atoms with E-state index in [0.717, 1.165) is 6.42 Å². The number of rotatable bonds is 4. The summed E-state index contributed by atoms with van der Waals surface area (Å²) in [5.74, 6) is 2.03. The van der Waals surface area contributed by atoms with Crippen LogP contribution in [-0.4, -0.2) is 28.4 Å². The summed E-state index contributed by atoms with van der Waals surface area (Å²) < 4.78 is 0. The molecule has 3 atom stereocenters. The first-order chi connectivity index (χ1) is 9.08. The summed E-state index contributed by atoms with van der Waals surface area (Å²) in [6.45, 7) is 5.58. The molecule has 1 amide bonds. The summed E-state index contributed by atoms with van der Waals surface area (Å²) in [4.78, 5) is 17.5. The second kappa shape index (κ2) is 6.91. The van der Waals surface area contributed by atoms with Crippen LogP contribution in [0.1, 0.15) is 27.2 Å². The molecule has 0 aromatic heterocycles. The Labute approximate surface area is 114 Å². The van der Waals surface area contributed by atoms with Crippen LogP contribution in [0.4, 0.5) is 0 Å². The summed E-state index contributed by atoms with van der Waals surface area (Å²) in [5.41, 5.74) is 0. The van der Waals surface area contributed by atoms with Gasteiger partial charge in [0.05, 0.1) is 6.21 Å². The van der Waals surface area contributed by atoms with E-state index in [1.54, 1.807) is 13.0 Å². The molecule has 19 heavy (non-hydrogen) atoms. The Morgan fingerprint density at radius 3 is 2.84 bits per heavy atom. The van der Waals surface area contributed by atoms with E-state index >= 15 is 0 Å². The van der Waals surface area contributed by atoms with Gasteiger partial charge in [-0.15, -0.1) is 6.42 Å². The summed E-state index contributed by atoms with van der Waals surface area (Å²) in [7, 11) is 0. The lowest BCUT2D eigenvalue weighted by atomic mass is 9.96. The van der Waals surface area contributed by atoms with E-state index in [1.807, 2.05) is 26.0 Å². The molecule has 1 saturated heterocycles. The van der Waals surface area contributed by atoms with Gasteiger partial charge in [0.15, 0.2) is 0 Å². The van der Waals surface area contributed by atoms with Crippen LogP contribution in [0.2, 0.25) is 0 Å². The first-order valence-electron chi connectivity index (χ1n) is 6.41. The zero-order chi connectivity index (χ0) is 14.4. The van der Waals surface area contributed by atoms with Gasteiger partial charge in [0.25, 0.3) is 0 Å². The van der Waals surface area contributed by atoms with Crippen LogP contribution in [0.15, 0.2) is 29.0 Å². The van der Waals surface area contributed by atoms with Crippen molar-refractivity contribution in [3.05, 3.63) is 24.0 Å². The van der Waals surface area contributed by atoms with Crippen LogP contribution in [0, 0.1) is 24.2 Å². The number of aliphatic hydroxyl groups is 1. The normalized spacial score (nSPS) is 28.6. The average molecular weight is 260 g/mol. The zero-order valence-corrected chi connectivity index (χ0v) is 11.6. The third-order valence-corrected chi connectivity index (χ3v) is 3.18. The molecule has 1 N–H and O–H groups in total. The first-order valence-corrected chi connectivity index (χ1v) is 6.41. The van der Waals surface area contributed by atoms with E-state index in [9.17, 15) is 9.90 Å². The average Bonchev–Trinajstić information content (AvgIpc) is 2.61. The lowest BCUT2D eigenvalue weighted by molar-refractivity contribution is -0.132. The Hall–Kier alpha value is -1.86. The SMILES string of the molecule is C#CC=N/C(=C\C)N1C(=O)C(C)C(/C=C\CC)C1O. The Morgan fingerprint density at radius 2 is 2.32 bits per heavy atom. The van der Waals surface area contributed by atoms with Crippen LogP contribution in [-0.2, 0) is 4.79 Å². The number of allylic oxidation sites excluding steroid dienone is 2. The number of likely N-dealkylation sites (tertiary alicyclic amines) is 1. The van der Waals surface area contributed by atoms with Crippen molar-refractivity contribution in [2.24, 2.45) is 16.8 Å². The second-order valence-corrected chi connectivity index (χ2v) is 4.40. The number of terminal acetylenes is 1. The van der Waals surface area contributed by atoms with Gasteiger partial charge in [0.2, 0.25) is 5.91 Å². The van der Waals surface area contributed by atoms with Crippen molar-refractivity contribution in [3.8, 4) is 12.3 Å². The van der Waals surface area contributed by atoms with Gasteiger partial charge in [-0.2, -0.15) is 0 Å². The minimum absolute atomic E-state index is 0.138. The third kappa shape index (κ3) is 3.12. The highest BCUT2D eigenvalue weighted by Crippen LogP contribution is 2.33. The maximum absolute atomic E-state index is 12.2. The first kappa shape index (κ1) is 15.2. The molecule has 0 aliphatic carbocycles. The number of aliphatic imine (C=N–C) groups is 1. The highest BCUT2D eigenvalue weighted by Gasteiger charge is 2.44. The molecule has 0 aromatic rings. The van der Waals surface area contributed by atoms with Crippen molar-refractivity contribution >= 4 is 12.1 Å². The quantitative estimate of drug-likeness (QED) is 0.477. The van der Waals surface area contributed by atoms with Crippen LogP contribution >= 0.6 is 0 Å². The van der Waals surface area contributed by atoms with Crippen molar-refractivity contribution in [2.75, 3.05) is 0 Å². The molecule has 4 heteroatoms. The topological polar surface area (TPSA) is 52.9 Å². The number of hydrogen-bond acceptors (Lipinski definition) is 3. The molecule has 0 spiro atoms. The van der Waals surface area contributed by atoms with Gasteiger partial charge in [-0.1, -0.05) is 31.9 Å². The lowest BCUT2D eigenvalue weighted by Crippen LogP contribution is -2.33. The van der Waals surface area contributed by atoms with E-state index < -0.39 is 6.23 Å². The number of carbonyl (C=O) groups is 1. The molecule has 1 rings (SSSR count). The molecular weight excluding hydrogens is 240 g/mol. The van der Waals surface area contributed by atoms with Crippen LogP contribution in [0.25, 0.3) is 0 Å². The Kier molecular flexibility index (Phi) is 5.53. The second-order valence-electron chi connectivity index (χ2n) is 4.40. The molecule has 4 nitrogen and oxygen atoms in total. The minimum Gasteiger partial charge on any atom is -0.372 e. The van der Waals surface area contributed by atoms with Crippen LogP contribution in [0.3, 0.4) is 0 Å². The van der Waals surface area contributed by atoms with Crippen molar-refractivity contribution < 1.29 is 9.90 Å². The highest BCUT2D eigenvalue weighted by molar-refractivity contribution is 5.84. The molecule has 102 valence electrons. The molecular formula is C15H20N2O2. The molecule has 1 aliphatic rings. The van der Waals surface area contributed by atoms with Gasteiger partial charge in [0.1, 0.15) is 12.0 Å². The molecule has 0 aromatic carbocycles. The van der Waals surface area contributed by atoms with E-state index in [4.69, 9.17) is 6.42 Å². The molecule has 0 bridgehead atoms. The van der Waals surface area contributed by atoms with Gasteiger partial charge in [-0.25, -0.2) is 4.99 Å². The van der Waals surface area contributed by atoms with Crippen molar-refractivity contribution in [1.82, 2.24) is 4.90 Å². The van der Waals surface area contributed by atoms with Gasteiger partial charge >= 0.3 is 0 Å². The van der Waals surface area contributed by atoms with Gasteiger partial charge in [0, 0.05) is 11.8 Å². The van der Waals surface area contributed by atoms with E-state index in [2.05, 4.69) is 10.9 Å². The number of carbonyl (C=O) groups excluding carboxylic acids is 1. The van der Waals surface area contributed by atoms with Crippen molar-refractivity contribution in [1.29, 1.82) is 0 Å². The molecule has 1 aliphatic heterocycles. The summed E-state index contributed by atoms with van der Waals surface area (Å²) in [5, 5.41) is 10.3. The Morgan fingerprint density at radius 1 is 1.63 bits per heavy atom. The predicted octanol–water partition coefficient (Wildman–Crippen LogP) is 1.93. The van der Waals surface area contributed by atoms with E-state index in [0.29, 0.717) is 5.82 Å². The number of amides is 1. The van der Waals surface area contributed by atoms with Gasteiger partial charge < -0.3 is 5.11 Å². The molecule has 3 unspecified atom stereocenters. The number of nitrogens with zero attached hydrogens (tertiary/aromatic N) is 2. The summed E-state index contributed by atoms with van der Waals surface area (Å²) >= 11 is 0. The van der Waals surface area contributed by atoms with Crippen LogP contribution in [0.5, 0.6) is 0 Å². The van der Waals surface area contributed by atoms with Crippen molar-refractivity contribution in [2.45, 2.75) is 33.4 Å². The number of hydrogen-bond donors (Lipinski definition) is 1. The third-order valence-electron chi connectivity index (χ3n) is 3.18. The molecule has 1 heterocycles. The van der Waals surface area contributed by atoms with Gasteiger partial charge in [-0.3, -0.25) is 9.69 Å².